The van der Waals surface area contributed by atoms with E-state index in [2.05, 4.69) is 15.3 Å². The highest BCUT2D eigenvalue weighted by Gasteiger charge is 2.13. The molecular formula is C16H19N3O. The van der Waals surface area contributed by atoms with Crippen molar-refractivity contribution in [2.75, 3.05) is 13.2 Å². The maximum Gasteiger partial charge on any atom is 0.159 e. The standard InChI is InChI=1S/C16H19N3O/c1-2-6-13(7-3-1)16-18-10-15(11-19-16)20-12-14-8-4-5-9-17-14/h1-3,6-7,10-11,14,17H,4-5,8-9,12H2. The molecule has 4 heteroatoms. The normalized spacial score (nSPS) is 18.7. The topological polar surface area (TPSA) is 47.0 Å². The van der Waals surface area contributed by atoms with Gasteiger partial charge in [-0.05, 0) is 19.4 Å². The molecule has 2 aromatic rings. The summed E-state index contributed by atoms with van der Waals surface area (Å²) in [6.45, 7) is 1.78. The number of aromatic nitrogens is 2. The fourth-order valence-electron chi connectivity index (χ4n) is 2.39. The third-order valence-electron chi connectivity index (χ3n) is 3.52. The van der Waals surface area contributed by atoms with Crippen LogP contribution in [0.15, 0.2) is 42.7 Å². The Morgan fingerprint density at radius 1 is 1.10 bits per heavy atom. The number of rotatable bonds is 4. The second-order valence-electron chi connectivity index (χ2n) is 5.07. The van der Waals surface area contributed by atoms with Gasteiger partial charge >= 0.3 is 0 Å². The lowest BCUT2D eigenvalue weighted by molar-refractivity contribution is 0.237. The van der Waals surface area contributed by atoms with Crippen LogP contribution in [0, 0.1) is 0 Å². The van der Waals surface area contributed by atoms with Crippen LogP contribution in [0.4, 0.5) is 0 Å². The molecule has 0 radical (unpaired) electrons. The lowest BCUT2D eigenvalue weighted by Gasteiger charge is -2.23. The first-order chi connectivity index (χ1) is 9.92. The molecule has 1 aliphatic heterocycles. The molecule has 1 unspecified atom stereocenters. The number of hydrogen-bond donors (Lipinski definition) is 1. The predicted molar refractivity (Wildman–Crippen MR) is 78.6 cm³/mol. The quantitative estimate of drug-likeness (QED) is 0.927. The fourth-order valence-corrected chi connectivity index (χ4v) is 2.39. The van der Waals surface area contributed by atoms with Crippen LogP contribution in [0.25, 0.3) is 11.4 Å². The van der Waals surface area contributed by atoms with Gasteiger partial charge in [0.2, 0.25) is 0 Å². The van der Waals surface area contributed by atoms with Gasteiger partial charge in [0, 0.05) is 11.6 Å². The smallest absolute Gasteiger partial charge is 0.159 e. The summed E-state index contributed by atoms with van der Waals surface area (Å²) in [5.41, 5.74) is 1.02. The average molecular weight is 269 g/mol. The first kappa shape index (κ1) is 13.1. The predicted octanol–water partition coefficient (Wildman–Crippen LogP) is 2.66. The third kappa shape index (κ3) is 3.33. The molecule has 4 nitrogen and oxygen atoms in total. The van der Waals surface area contributed by atoms with Crippen molar-refractivity contribution in [3.05, 3.63) is 42.7 Å². The van der Waals surface area contributed by atoms with Gasteiger partial charge in [-0.2, -0.15) is 0 Å². The minimum Gasteiger partial charge on any atom is -0.489 e. The minimum absolute atomic E-state index is 0.456. The molecule has 0 amide bonds. The molecule has 104 valence electrons. The molecule has 1 aliphatic rings. The Balaban J connectivity index is 1.58. The molecule has 1 aromatic carbocycles. The molecule has 20 heavy (non-hydrogen) atoms. The number of piperidine rings is 1. The van der Waals surface area contributed by atoms with Gasteiger partial charge in [-0.1, -0.05) is 36.8 Å². The van der Waals surface area contributed by atoms with Crippen molar-refractivity contribution in [3.8, 4) is 17.1 Å². The zero-order chi connectivity index (χ0) is 13.6. The summed E-state index contributed by atoms with van der Waals surface area (Å²) in [6.07, 6.45) is 7.23. The highest BCUT2D eigenvalue weighted by atomic mass is 16.5. The molecule has 2 heterocycles. The Bertz CT molecular complexity index is 521. The SMILES string of the molecule is c1ccc(-c2ncc(OCC3CCCCN3)cn2)cc1. The molecule has 1 saturated heterocycles. The van der Waals surface area contributed by atoms with Gasteiger partial charge in [0.15, 0.2) is 11.6 Å². The molecule has 3 rings (SSSR count). The van der Waals surface area contributed by atoms with Gasteiger partial charge in [0.25, 0.3) is 0 Å². The summed E-state index contributed by atoms with van der Waals surface area (Å²) in [6, 6.07) is 10.4. The molecule has 0 aliphatic carbocycles. The Hall–Kier alpha value is -1.94. The van der Waals surface area contributed by atoms with Crippen molar-refractivity contribution in [2.45, 2.75) is 25.3 Å². The molecule has 1 aromatic heterocycles. The lowest BCUT2D eigenvalue weighted by atomic mass is 10.1. The van der Waals surface area contributed by atoms with Crippen LogP contribution < -0.4 is 10.1 Å². The van der Waals surface area contributed by atoms with Gasteiger partial charge < -0.3 is 10.1 Å². The van der Waals surface area contributed by atoms with Crippen molar-refractivity contribution in [2.24, 2.45) is 0 Å². The van der Waals surface area contributed by atoms with Crippen molar-refractivity contribution < 1.29 is 4.74 Å². The van der Waals surface area contributed by atoms with E-state index >= 15 is 0 Å². The van der Waals surface area contributed by atoms with Gasteiger partial charge in [-0.3, -0.25) is 0 Å². The van der Waals surface area contributed by atoms with E-state index in [0.717, 1.165) is 23.7 Å². The van der Waals surface area contributed by atoms with Crippen LogP contribution in [-0.2, 0) is 0 Å². The second-order valence-corrected chi connectivity index (χ2v) is 5.07. The monoisotopic (exact) mass is 269 g/mol. The van der Waals surface area contributed by atoms with Gasteiger partial charge in [-0.25, -0.2) is 9.97 Å². The third-order valence-corrected chi connectivity index (χ3v) is 3.52. The fraction of sp³-hybridized carbons (Fsp3) is 0.375. The van der Waals surface area contributed by atoms with Crippen LogP contribution in [0.1, 0.15) is 19.3 Å². The zero-order valence-electron chi connectivity index (χ0n) is 11.5. The van der Waals surface area contributed by atoms with Gasteiger partial charge in [0.05, 0.1) is 12.4 Å². The first-order valence-corrected chi connectivity index (χ1v) is 7.15. The molecule has 0 bridgehead atoms. The van der Waals surface area contributed by atoms with Crippen molar-refractivity contribution in [3.63, 3.8) is 0 Å². The van der Waals surface area contributed by atoms with Crippen LogP contribution in [0.2, 0.25) is 0 Å². The number of hydrogen-bond acceptors (Lipinski definition) is 4. The van der Waals surface area contributed by atoms with E-state index in [1.165, 1.54) is 19.3 Å². The van der Waals surface area contributed by atoms with E-state index in [1.807, 2.05) is 30.3 Å². The van der Waals surface area contributed by atoms with Crippen molar-refractivity contribution in [1.29, 1.82) is 0 Å². The summed E-state index contributed by atoms with van der Waals surface area (Å²) in [7, 11) is 0. The lowest BCUT2D eigenvalue weighted by Crippen LogP contribution is -2.38. The highest BCUT2D eigenvalue weighted by molar-refractivity contribution is 5.54. The highest BCUT2D eigenvalue weighted by Crippen LogP contribution is 2.16. The van der Waals surface area contributed by atoms with E-state index in [-0.39, 0.29) is 0 Å². The Morgan fingerprint density at radius 3 is 2.60 bits per heavy atom. The summed E-state index contributed by atoms with van der Waals surface area (Å²) in [4.78, 5) is 8.71. The van der Waals surface area contributed by atoms with E-state index in [1.54, 1.807) is 12.4 Å². The second kappa shape index (κ2) is 6.48. The van der Waals surface area contributed by atoms with Gasteiger partial charge in [0.1, 0.15) is 6.61 Å². The number of nitrogens with zero attached hydrogens (tertiary/aromatic N) is 2. The number of benzene rings is 1. The molecule has 1 atom stereocenters. The Morgan fingerprint density at radius 2 is 1.90 bits per heavy atom. The Kier molecular flexibility index (Phi) is 4.23. The Labute approximate surface area is 119 Å². The van der Waals surface area contributed by atoms with Crippen LogP contribution >= 0.6 is 0 Å². The number of nitrogens with one attached hydrogen (secondary N) is 1. The van der Waals surface area contributed by atoms with E-state index in [0.29, 0.717) is 12.6 Å². The minimum atomic E-state index is 0.456. The average Bonchev–Trinajstić information content (AvgIpc) is 2.55. The van der Waals surface area contributed by atoms with Crippen molar-refractivity contribution >= 4 is 0 Å². The molecule has 0 saturated carbocycles. The van der Waals surface area contributed by atoms with Crippen LogP contribution in [0.5, 0.6) is 5.75 Å². The number of ether oxygens (including phenoxy) is 1. The summed E-state index contributed by atoms with van der Waals surface area (Å²) in [5.74, 6) is 1.46. The zero-order valence-corrected chi connectivity index (χ0v) is 11.5. The molecule has 0 spiro atoms. The van der Waals surface area contributed by atoms with E-state index < -0.39 is 0 Å². The van der Waals surface area contributed by atoms with Gasteiger partial charge in [-0.15, -0.1) is 0 Å². The van der Waals surface area contributed by atoms with E-state index in [4.69, 9.17) is 4.74 Å². The molecule has 1 fully saturated rings. The van der Waals surface area contributed by atoms with Crippen molar-refractivity contribution in [1.82, 2.24) is 15.3 Å². The summed E-state index contributed by atoms with van der Waals surface area (Å²) < 4.78 is 5.75. The van der Waals surface area contributed by atoms with Crippen LogP contribution in [-0.4, -0.2) is 29.2 Å². The first-order valence-electron chi connectivity index (χ1n) is 7.15. The summed E-state index contributed by atoms with van der Waals surface area (Å²) >= 11 is 0. The largest absolute Gasteiger partial charge is 0.489 e. The summed E-state index contributed by atoms with van der Waals surface area (Å²) in [5, 5.41) is 3.46. The van der Waals surface area contributed by atoms with Crippen LogP contribution in [0.3, 0.4) is 0 Å². The molecular weight excluding hydrogens is 250 g/mol. The maximum atomic E-state index is 5.75. The molecule has 1 N–H and O–H groups in total. The van der Waals surface area contributed by atoms with E-state index in [9.17, 15) is 0 Å². The maximum absolute atomic E-state index is 5.75.